The van der Waals surface area contributed by atoms with E-state index in [-0.39, 0.29) is 4.75 Å². The largest absolute Gasteiger partial charge is 0.309 e. The maximum absolute atomic E-state index is 5.15. The Hall–Kier alpha value is -6.82. The fourth-order valence-electron chi connectivity index (χ4n) is 8.53. The molecule has 57 heavy (non-hydrogen) atoms. The first-order valence-electron chi connectivity index (χ1n) is 19.4. The van der Waals surface area contributed by atoms with E-state index in [1.165, 1.54) is 60.1 Å². The second-order valence-corrected chi connectivity index (χ2v) is 16.5. The van der Waals surface area contributed by atoms with Crippen molar-refractivity contribution in [2.45, 2.75) is 23.0 Å². The van der Waals surface area contributed by atoms with E-state index < -0.39 is 0 Å². The summed E-state index contributed by atoms with van der Waals surface area (Å²) >= 11 is 1.95. The zero-order chi connectivity index (χ0) is 37.9. The smallest absolute Gasteiger partial charge is 0.164 e. The van der Waals surface area contributed by atoms with Crippen LogP contribution in [-0.4, -0.2) is 24.3 Å². The maximum Gasteiger partial charge on any atom is 0.164 e. The Labute approximate surface area is 336 Å². The van der Waals surface area contributed by atoms with Crippen molar-refractivity contribution in [2.75, 3.05) is 0 Å². The summed E-state index contributed by atoms with van der Waals surface area (Å²) in [5.74, 6) is 2.03. The minimum atomic E-state index is -0.106. The monoisotopic (exact) mass is 748 g/mol. The molecule has 2 aliphatic rings. The first-order valence-corrected chi connectivity index (χ1v) is 20.2. The van der Waals surface area contributed by atoms with E-state index in [2.05, 4.69) is 163 Å². The van der Waals surface area contributed by atoms with Gasteiger partial charge in [-0.25, -0.2) is 15.0 Å². The molecule has 1 unspecified atom stereocenters. The predicted octanol–water partition coefficient (Wildman–Crippen LogP) is 13.4. The number of fused-ring (bicyclic) bond motifs is 6. The van der Waals surface area contributed by atoms with Gasteiger partial charge in [0.1, 0.15) is 0 Å². The first-order chi connectivity index (χ1) is 28.1. The Morgan fingerprint density at radius 2 is 1.09 bits per heavy atom. The number of benzene rings is 7. The van der Waals surface area contributed by atoms with Gasteiger partial charge in [0.2, 0.25) is 0 Å². The highest BCUT2D eigenvalue weighted by Crippen LogP contribution is 2.59. The Morgan fingerprint density at radius 3 is 1.79 bits per heavy atom. The third-order valence-electron chi connectivity index (χ3n) is 11.4. The van der Waals surface area contributed by atoms with E-state index in [1.54, 1.807) is 0 Å². The second-order valence-electron chi connectivity index (χ2n) is 15.0. The van der Waals surface area contributed by atoms with Crippen molar-refractivity contribution in [1.29, 1.82) is 0 Å². The Bertz CT molecular complexity index is 3000. The standard InChI is InChI=1S/C52H36N4S/c1-52-31-30-39(38-26-29-46-43(32-38)41-20-11-12-22-45(41)56(46)40-27-24-35(25-28-40)34-14-5-2-6-15-34)33-44(52)48-42(21-13-23-47(48)57-52)51-54-49(36-16-7-3-8-17-36)53-50(55-51)37-18-9-4-10-19-37/h2-30,32-33H,31H2,1H3. The second kappa shape index (κ2) is 13.4. The van der Waals surface area contributed by atoms with Crippen LogP contribution in [0.3, 0.4) is 0 Å². The average molecular weight is 749 g/mol. The van der Waals surface area contributed by atoms with Gasteiger partial charge in [-0.05, 0) is 83.7 Å². The van der Waals surface area contributed by atoms with Gasteiger partial charge in [-0.1, -0.05) is 146 Å². The zero-order valence-corrected chi connectivity index (χ0v) is 32.1. The van der Waals surface area contributed by atoms with Crippen LogP contribution in [-0.2, 0) is 0 Å². The summed E-state index contributed by atoms with van der Waals surface area (Å²) in [7, 11) is 0. The van der Waals surface area contributed by atoms with Gasteiger partial charge in [0.15, 0.2) is 17.5 Å². The van der Waals surface area contributed by atoms with Gasteiger partial charge in [0, 0.05) is 48.4 Å². The summed E-state index contributed by atoms with van der Waals surface area (Å²) < 4.78 is 2.29. The summed E-state index contributed by atoms with van der Waals surface area (Å²) in [6.45, 7) is 2.37. The van der Waals surface area contributed by atoms with Crippen molar-refractivity contribution in [1.82, 2.24) is 19.5 Å². The first kappa shape index (κ1) is 33.5. The van der Waals surface area contributed by atoms with Crippen LogP contribution in [0.25, 0.3) is 83.9 Å². The van der Waals surface area contributed by atoms with Gasteiger partial charge in [-0.2, -0.15) is 0 Å². The number of para-hydroxylation sites is 1. The van der Waals surface area contributed by atoms with Crippen LogP contribution in [0, 0.1) is 0 Å². The Balaban J connectivity index is 1.02. The normalized spacial score (nSPS) is 15.9. The zero-order valence-electron chi connectivity index (χ0n) is 31.3. The minimum absolute atomic E-state index is 0.106. The van der Waals surface area contributed by atoms with E-state index in [4.69, 9.17) is 15.0 Å². The topological polar surface area (TPSA) is 43.6 Å². The maximum atomic E-state index is 5.15. The Kier molecular flexibility index (Phi) is 7.90. The molecule has 0 radical (unpaired) electrons. The molecule has 0 saturated heterocycles. The molecule has 9 aromatic rings. The van der Waals surface area contributed by atoms with Crippen LogP contribution >= 0.6 is 11.8 Å². The number of hydrogen-bond acceptors (Lipinski definition) is 4. The molecule has 4 nitrogen and oxygen atoms in total. The van der Waals surface area contributed by atoms with E-state index >= 15 is 0 Å². The molecule has 7 aromatic carbocycles. The average Bonchev–Trinajstić information content (AvgIpc) is 3.78. The van der Waals surface area contributed by atoms with Gasteiger partial charge >= 0.3 is 0 Å². The lowest BCUT2D eigenvalue weighted by molar-refractivity contribution is 0.831. The molecule has 1 aliphatic heterocycles. The van der Waals surface area contributed by atoms with Gasteiger partial charge < -0.3 is 4.57 Å². The molecular formula is C52H36N4S. The summed E-state index contributed by atoms with van der Waals surface area (Å²) in [5, 5.41) is 2.49. The predicted molar refractivity (Wildman–Crippen MR) is 237 cm³/mol. The van der Waals surface area contributed by atoms with E-state index in [0.717, 1.165) is 28.8 Å². The molecule has 3 heterocycles. The van der Waals surface area contributed by atoms with Crippen LogP contribution in [0.2, 0.25) is 0 Å². The molecular weight excluding hydrogens is 713 g/mol. The Morgan fingerprint density at radius 1 is 0.509 bits per heavy atom. The molecule has 0 bridgehead atoms. The van der Waals surface area contributed by atoms with E-state index in [1.807, 2.05) is 48.2 Å². The summed E-state index contributed by atoms with van der Waals surface area (Å²) in [5.41, 5.74) is 13.9. The summed E-state index contributed by atoms with van der Waals surface area (Å²) in [6.07, 6.45) is 5.77. The molecule has 2 aromatic heterocycles. The number of nitrogens with zero attached hydrogens (tertiary/aromatic N) is 4. The number of allylic oxidation sites excluding steroid dienone is 3. The molecule has 1 aliphatic carbocycles. The molecule has 0 N–H and O–H groups in total. The molecule has 0 amide bonds. The van der Waals surface area contributed by atoms with Crippen LogP contribution in [0.1, 0.15) is 24.5 Å². The molecule has 270 valence electrons. The fraction of sp³-hybridized carbons (Fsp3) is 0.0577. The molecule has 5 heteroatoms. The lowest BCUT2D eigenvalue weighted by Gasteiger charge is -2.28. The number of thioether (sulfide) groups is 1. The highest BCUT2D eigenvalue weighted by Gasteiger charge is 2.41. The molecule has 1 atom stereocenters. The number of aromatic nitrogens is 4. The fourth-order valence-corrected chi connectivity index (χ4v) is 9.92. The third kappa shape index (κ3) is 5.73. The van der Waals surface area contributed by atoms with Gasteiger partial charge in [0.05, 0.1) is 11.0 Å². The lowest BCUT2D eigenvalue weighted by atomic mass is 9.81. The van der Waals surface area contributed by atoms with Crippen LogP contribution in [0.15, 0.2) is 193 Å². The number of hydrogen-bond donors (Lipinski definition) is 0. The summed E-state index contributed by atoms with van der Waals surface area (Å²) in [4.78, 5) is 16.5. The van der Waals surface area contributed by atoms with Gasteiger partial charge in [-0.3, -0.25) is 0 Å². The number of rotatable bonds is 6. The van der Waals surface area contributed by atoms with Crippen LogP contribution in [0.4, 0.5) is 0 Å². The van der Waals surface area contributed by atoms with E-state index in [0.29, 0.717) is 17.5 Å². The summed E-state index contributed by atoms with van der Waals surface area (Å²) in [6, 6.07) is 62.2. The minimum Gasteiger partial charge on any atom is -0.309 e. The molecule has 0 saturated carbocycles. The molecule has 0 fully saturated rings. The van der Waals surface area contributed by atoms with Crippen molar-refractivity contribution in [3.8, 4) is 51.0 Å². The molecule has 0 spiro atoms. The van der Waals surface area contributed by atoms with Crippen molar-refractivity contribution in [3.05, 3.63) is 199 Å². The van der Waals surface area contributed by atoms with Crippen molar-refractivity contribution in [2.24, 2.45) is 0 Å². The van der Waals surface area contributed by atoms with Crippen molar-refractivity contribution in [3.63, 3.8) is 0 Å². The quantitative estimate of drug-likeness (QED) is 0.170. The van der Waals surface area contributed by atoms with Crippen LogP contribution in [0.5, 0.6) is 0 Å². The highest BCUT2D eigenvalue weighted by atomic mass is 32.2. The lowest BCUT2D eigenvalue weighted by Crippen LogP contribution is -2.19. The third-order valence-corrected chi connectivity index (χ3v) is 12.8. The van der Waals surface area contributed by atoms with Crippen molar-refractivity contribution < 1.29 is 0 Å². The van der Waals surface area contributed by atoms with E-state index in [9.17, 15) is 0 Å². The highest BCUT2D eigenvalue weighted by molar-refractivity contribution is 8.01. The SMILES string of the molecule is CC12CC=C(c3ccc4c(c3)c3ccccc3n4-c3ccc(-c4ccccc4)cc3)C=C1c1c(cccc1-c1nc(-c3ccccc3)nc(-c3ccccc3)n1)S2. The van der Waals surface area contributed by atoms with Gasteiger partial charge in [-0.15, -0.1) is 11.8 Å². The van der Waals surface area contributed by atoms with Crippen molar-refractivity contribution >= 4 is 44.7 Å². The molecule has 11 rings (SSSR count). The van der Waals surface area contributed by atoms with Gasteiger partial charge in [0.25, 0.3) is 0 Å². The van der Waals surface area contributed by atoms with Crippen LogP contribution < -0.4 is 0 Å².